The molecule has 2 aromatic rings. The summed E-state index contributed by atoms with van der Waals surface area (Å²) < 4.78 is 17.6. The van der Waals surface area contributed by atoms with Crippen LogP contribution in [0.3, 0.4) is 0 Å². The second kappa shape index (κ2) is 15.2. The lowest BCUT2D eigenvalue weighted by atomic mass is 9.52. The van der Waals surface area contributed by atoms with Crippen LogP contribution in [-0.2, 0) is 39.4 Å². The molecule has 51 heavy (non-hydrogen) atoms. The molecule has 0 N–H and O–H groups in total. The highest BCUT2D eigenvalue weighted by Crippen LogP contribution is 2.60. The van der Waals surface area contributed by atoms with Crippen molar-refractivity contribution in [2.24, 2.45) is 16.2 Å². The smallest absolute Gasteiger partial charge is 0.311 e. The quantitative estimate of drug-likeness (QED) is 0.169. The molecule has 278 valence electrons. The number of halogens is 3. The van der Waals surface area contributed by atoms with Crippen molar-refractivity contribution in [3.63, 3.8) is 0 Å². The van der Waals surface area contributed by atoms with Gasteiger partial charge in [-0.25, -0.2) is 0 Å². The fourth-order valence-corrected chi connectivity index (χ4v) is 11.8. The molecule has 0 saturated heterocycles. The van der Waals surface area contributed by atoms with Gasteiger partial charge in [-0.15, -0.1) is 0 Å². The fraction of sp³-hybridized carbons (Fsp3) is 0.643. The monoisotopic (exact) mass is 890 g/mol. The molecule has 11 rings (SSSR count). The first kappa shape index (κ1) is 39.0. The molecule has 0 radical (unpaired) electrons. The number of hydrogen-bond donors (Lipinski definition) is 0. The van der Waals surface area contributed by atoms with Gasteiger partial charge in [0, 0.05) is 13.3 Å². The molecule has 9 aliphatic carbocycles. The summed E-state index contributed by atoms with van der Waals surface area (Å²) in [4.78, 5) is 35.6. The van der Waals surface area contributed by atoms with E-state index >= 15 is 0 Å². The van der Waals surface area contributed by atoms with Crippen LogP contribution in [0.25, 0.3) is 0 Å². The van der Waals surface area contributed by atoms with Crippen molar-refractivity contribution in [1.29, 1.82) is 0 Å². The van der Waals surface area contributed by atoms with Gasteiger partial charge in [0.05, 0.1) is 37.6 Å². The zero-order valence-corrected chi connectivity index (χ0v) is 35.2. The minimum atomic E-state index is -0.178. The standard InChI is InChI=1S/2C16H19BrO2.C10H15BrO2/c1-19-14(18)16-9-6-15(7-10-16,8-11-16)12-2-4-13(17)5-3-12;1-19-14(18)16-8-5-15(6-9-16,7-10-16)12-3-2-4-13(17)11-12;1-13-8(12)9-2-5-10(11,6-3-9)7-4-9/h2-5H,6-11H2,1H3;2-4,11H,5-10H2,1H3;2-7H2,1H3. The van der Waals surface area contributed by atoms with E-state index in [4.69, 9.17) is 14.2 Å². The Balaban J connectivity index is 0.000000134. The van der Waals surface area contributed by atoms with E-state index in [0.717, 1.165) is 125 Å². The molecule has 0 unspecified atom stereocenters. The first-order valence-electron chi connectivity index (χ1n) is 18.8. The molecule has 2 aromatic carbocycles. The first-order chi connectivity index (χ1) is 24.3. The van der Waals surface area contributed by atoms with Gasteiger partial charge < -0.3 is 14.2 Å². The van der Waals surface area contributed by atoms with Gasteiger partial charge in [-0.05, 0) is 162 Å². The fourth-order valence-electron chi connectivity index (χ4n) is 10.6. The number of carbonyl (C=O) groups is 3. The summed E-state index contributed by atoms with van der Waals surface area (Å²) in [7, 11) is 4.53. The molecule has 6 nitrogen and oxygen atoms in total. The normalized spacial score (nSPS) is 35.7. The Hall–Kier alpha value is -1.71. The first-order valence-corrected chi connectivity index (χ1v) is 21.2. The second-order valence-electron chi connectivity index (χ2n) is 16.5. The van der Waals surface area contributed by atoms with Crippen molar-refractivity contribution < 1.29 is 28.6 Å². The largest absolute Gasteiger partial charge is 0.469 e. The van der Waals surface area contributed by atoms with Gasteiger partial charge in [0.15, 0.2) is 0 Å². The number of alkyl halides is 1. The second-order valence-corrected chi connectivity index (χ2v) is 20.1. The summed E-state index contributed by atoms with van der Waals surface area (Å²) >= 11 is 10.8. The van der Waals surface area contributed by atoms with Gasteiger partial charge in [0.1, 0.15) is 0 Å². The van der Waals surface area contributed by atoms with Crippen LogP contribution >= 0.6 is 47.8 Å². The summed E-state index contributed by atoms with van der Waals surface area (Å²) in [6.45, 7) is 0. The van der Waals surface area contributed by atoms with E-state index in [2.05, 4.69) is 96.3 Å². The van der Waals surface area contributed by atoms with Crippen LogP contribution in [0.15, 0.2) is 57.5 Å². The average Bonchev–Trinajstić information content (AvgIpc) is 3.19. The molecule has 9 saturated carbocycles. The minimum Gasteiger partial charge on any atom is -0.469 e. The van der Waals surface area contributed by atoms with Crippen LogP contribution in [0.4, 0.5) is 0 Å². The third-order valence-corrected chi connectivity index (χ3v) is 16.6. The molecule has 0 heterocycles. The van der Waals surface area contributed by atoms with E-state index in [0.29, 0.717) is 15.2 Å². The lowest BCUT2D eigenvalue weighted by Gasteiger charge is -2.52. The Morgan fingerprint density at radius 2 is 0.824 bits per heavy atom. The average molecular weight is 894 g/mol. The number of fused-ring (bicyclic) bond motifs is 9. The molecular formula is C42H53Br3O6. The van der Waals surface area contributed by atoms with E-state index in [-0.39, 0.29) is 34.2 Å². The highest BCUT2D eigenvalue weighted by Gasteiger charge is 2.55. The molecule has 0 aromatic heterocycles. The van der Waals surface area contributed by atoms with Crippen molar-refractivity contribution in [2.45, 2.75) is 131 Å². The Morgan fingerprint density at radius 1 is 0.471 bits per heavy atom. The predicted molar refractivity (Wildman–Crippen MR) is 210 cm³/mol. The van der Waals surface area contributed by atoms with Gasteiger partial charge in [-0.2, -0.15) is 0 Å². The van der Waals surface area contributed by atoms with Crippen molar-refractivity contribution in [2.75, 3.05) is 21.3 Å². The summed E-state index contributed by atoms with van der Waals surface area (Å²) in [5, 5.41) is 0. The van der Waals surface area contributed by atoms with Crippen molar-refractivity contribution >= 4 is 65.7 Å². The number of esters is 3. The molecule has 0 amide bonds. The zero-order chi connectivity index (χ0) is 36.5. The van der Waals surface area contributed by atoms with Gasteiger partial charge in [-0.3, -0.25) is 14.4 Å². The molecule has 0 atom stereocenters. The lowest BCUT2D eigenvalue weighted by molar-refractivity contribution is -0.160. The van der Waals surface area contributed by atoms with Gasteiger partial charge in [-0.1, -0.05) is 72.1 Å². The Morgan fingerprint density at radius 3 is 1.18 bits per heavy atom. The summed E-state index contributed by atoms with van der Waals surface area (Å²) in [6, 6.07) is 17.4. The van der Waals surface area contributed by atoms with Crippen molar-refractivity contribution in [3.8, 4) is 0 Å². The maximum Gasteiger partial charge on any atom is 0.311 e. The topological polar surface area (TPSA) is 78.9 Å². The number of hydrogen-bond acceptors (Lipinski definition) is 6. The molecule has 9 aliphatic rings. The molecule has 9 heteroatoms. The Kier molecular flexibility index (Phi) is 11.6. The van der Waals surface area contributed by atoms with E-state index in [9.17, 15) is 14.4 Å². The molecule has 6 bridgehead atoms. The Bertz CT molecular complexity index is 1530. The van der Waals surface area contributed by atoms with E-state index in [1.807, 2.05) is 0 Å². The van der Waals surface area contributed by atoms with Crippen LogP contribution in [0.2, 0.25) is 0 Å². The highest BCUT2D eigenvalue weighted by molar-refractivity contribution is 9.11. The SMILES string of the molecule is COC(=O)C12CCC(Br)(CC1)CC2.COC(=O)C12CCC(c3ccc(Br)cc3)(CC1)CC2.COC(=O)C12CCC(c3cccc(Br)c3)(CC1)CC2. The number of ether oxygens (including phenoxy) is 3. The number of rotatable bonds is 5. The third kappa shape index (κ3) is 7.52. The lowest BCUT2D eigenvalue weighted by Crippen LogP contribution is -2.48. The van der Waals surface area contributed by atoms with Crippen LogP contribution in [0, 0.1) is 16.2 Å². The van der Waals surface area contributed by atoms with Crippen molar-refractivity contribution in [1.82, 2.24) is 0 Å². The van der Waals surface area contributed by atoms with Crippen LogP contribution < -0.4 is 0 Å². The molecular weight excluding hydrogens is 840 g/mol. The maximum atomic E-state index is 12.0. The molecule has 0 aliphatic heterocycles. The molecule has 0 spiro atoms. The van der Waals surface area contributed by atoms with E-state index < -0.39 is 0 Å². The highest BCUT2D eigenvalue weighted by atomic mass is 79.9. The van der Waals surface area contributed by atoms with E-state index in [1.54, 1.807) is 0 Å². The van der Waals surface area contributed by atoms with Gasteiger partial charge in [0.2, 0.25) is 0 Å². The number of methoxy groups -OCH3 is 3. The zero-order valence-electron chi connectivity index (χ0n) is 30.4. The van der Waals surface area contributed by atoms with Gasteiger partial charge in [0.25, 0.3) is 0 Å². The van der Waals surface area contributed by atoms with Crippen LogP contribution in [0.1, 0.15) is 127 Å². The number of benzene rings is 2. The van der Waals surface area contributed by atoms with E-state index in [1.165, 1.54) is 32.5 Å². The minimum absolute atomic E-state index is 0.00930. The maximum absolute atomic E-state index is 12.0. The van der Waals surface area contributed by atoms with Crippen molar-refractivity contribution in [3.05, 3.63) is 68.6 Å². The Labute approximate surface area is 329 Å². The van der Waals surface area contributed by atoms with Gasteiger partial charge >= 0.3 is 17.9 Å². The predicted octanol–water partition coefficient (Wildman–Crippen LogP) is 11.1. The number of carbonyl (C=O) groups excluding carboxylic acids is 3. The molecule has 9 fully saturated rings. The summed E-state index contributed by atoms with van der Waals surface area (Å²) in [6.07, 6.45) is 19.0. The summed E-state index contributed by atoms with van der Waals surface area (Å²) in [5.74, 6) is 0.0356. The summed E-state index contributed by atoms with van der Waals surface area (Å²) in [5.41, 5.74) is 2.99. The third-order valence-electron chi connectivity index (χ3n) is 14.4. The van der Waals surface area contributed by atoms with Crippen LogP contribution in [0.5, 0.6) is 0 Å². The van der Waals surface area contributed by atoms with Crippen LogP contribution in [-0.4, -0.2) is 43.6 Å².